The van der Waals surface area contributed by atoms with Crippen molar-refractivity contribution in [3.05, 3.63) is 35.4 Å². The number of aromatic carboxylic acids is 1. The van der Waals surface area contributed by atoms with Crippen LogP contribution in [0.5, 0.6) is 0 Å². The quantitative estimate of drug-likeness (QED) is 0.784. The Labute approximate surface area is 107 Å². The van der Waals surface area contributed by atoms with Gasteiger partial charge in [0.15, 0.2) is 0 Å². The van der Waals surface area contributed by atoms with E-state index in [0.717, 1.165) is 24.3 Å². The molecule has 0 saturated carbocycles. The Morgan fingerprint density at radius 1 is 1.53 bits per heavy atom. The lowest BCUT2D eigenvalue weighted by molar-refractivity contribution is 0.0697. The molecule has 3 nitrogen and oxygen atoms in total. The maximum absolute atomic E-state index is 10.8. The van der Waals surface area contributed by atoms with Crippen LogP contribution >= 0.6 is 11.8 Å². The second-order valence-corrected chi connectivity index (χ2v) is 5.05. The first-order valence-electron chi connectivity index (χ1n) is 5.68. The number of carboxylic acids is 1. The average Bonchev–Trinajstić information content (AvgIpc) is 2.34. The highest BCUT2D eigenvalue weighted by atomic mass is 32.2. The molecular formula is C13H19NO2S. The van der Waals surface area contributed by atoms with Crippen LogP contribution in [0.1, 0.15) is 29.3 Å². The van der Waals surface area contributed by atoms with Gasteiger partial charge in [-0.05, 0) is 43.0 Å². The molecule has 0 aliphatic carbocycles. The Morgan fingerprint density at radius 3 is 2.94 bits per heavy atom. The highest BCUT2D eigenvalue weighted by molar-refractivity contribution is 7.98. The first-order chi connectivity index (χ1) is 8.13. The summed E-state index contributed by atoms with van der Waals surface area (Å²) in [6.45, 7) is 2.87. The third-order valence-electron chi connectivity index (χ3n) is 2.58. The van der Waals surface area contributed by atoms with Crippen LogP contribution in [0.4, 0.5) is 0 Å². The van der Waals surface area contributed by atoms with Gasteiger partial charge in [-0.2, -0.15) is 11.8 Å². The van der Waals surface area contributed by atoms with Gasteiger partial charge in [-0.3, -0.25) is 0 Å². The molecule has 0 spiro atoms. The maximum atomic E-state index is 10.8. The number of carbonyl (C=O) groups is 1. The van der Waals surface area contributed by atoms with Crippen molar-refractivity contribution in [2.75, 3.05) is 12.0 Å². The minimum atomic E-state index is -0.873. The maximum Gasteiger partial charge on any atom is 0.335 e. The molecule has 0 amide bonds. The Balaban J connectivity index is 2.46. The van der Waals surface area contributed by atoms with Crippen molar-refractivity contribution in [1.82, 2.24) is 5.32 Å². The Morgan fingerprint density at radius 2 is 2.29 bits per heavy atom. The van der Waals surface area contributed by atoms with Gasteiger partial charge in [0.1, 0.15) is 0 Å². The van der Waals surface area contributed by atoms with Crippen LogP contribution in [0.3, 0.4) is 0 Å². The highest BCUT2D eigenvalue weighted by Crippen LogP contribution is 2.06. The van der Waals surface area contributed by atoms with Crippen molar-refractivity contribution in [1.29, 1.82) is 0 Å². The van der Waals surface area contributed by atoms with Crippen LogP contribution < -0.4 is 5.32 Å². The fourth-order valence-corrected chi connectivity index (χ4v) is 2.09. The first-order valence-corrected chi connectivity index (χ1v) is 7.07. The summed E-state index contributed by atoms with van der Waals surface area (Å²) in [7, 11) is 0. The molecule has 0 aromatic heterocycles. The highest BCUT2D eigenvalue weighted by Gasteiger charge is 2.04. The minimum absolute atomic E-state index is 0.348. The summed E-state index contributed by atoms with van der Waals surface area (Å²) >= 11 is 1.84. The van der Waals surface area contributed by atoms with Gasteiger partial charge in [0.25, 0.3) is 0 Å². The molecule has 17 heavy (non-hydrogen) atoms. The molecular weight excluding hydrogens is 234 g/mol. The van der Waals surface area contributed by atoms with Gasteiger partial charge in [-0.1, -0.05) is 12.1 Å². The van der Waals surface area contributed by atoms with Gasteiger partial charge in [-0.25, -0.2) is 4.79 Å². The van der Waals surface area contributed by atoms with Crippen molar-refractivity contribution >= 4 is 17.7 Å². The summed E-state index contributed by atoms with van der Waals surface area (Å²) in [4.78, 5) is 10.8. The van der Waals surface area contributed by atoms with E-state index in [1.807, 2.05) is 17.8 Å². The second-order valence-electron chi connectivity index (χ2n) is 4.07. The zero-order valence-electron chi connectivity index (χ0n) is 10.3. The number of benzene rings is 1. The number of hydrogen-bond acceptors (Lipinski definition) is 3. The molecule has 4 heteroatoms. The summed E-state index contributed by atoms with van der Waals surface area (Å²) in [6.07, 6.45) is 3.23. The molecule has 0 fully saturated rings. The van der Waals surface area contributed by atoms with E-state index in [9.17, 15) is 4.79 Å². The monoisotopic (exact) mass is 253 g/mol. The van der Waals surface area contributed by atoms with Crippen molar-refractivity contribution in [3.63, 3.8) is 0 Å². The van der Waals surface area contributed by atoms with Crippen LogP contribution in [-0.4, -0.2) is 29.1 Å². The Bertz CT molecular complexity index is 368. The minimum Gasteiger partial charge on any atom is -0.478 e. The number of thioether (sulfide) groups is 1. The molecule has 1 rings (SSSR count). The van der Waals surface area contributed by atoms with Crippen molar-refractivity contribution in [2.45, 2.75) is 25.9 Å². The third kappa shape index (κ3) is 5.24. The lowest BCUT2D eigenvalue weighted by atomic mass is 10.1. The molecule has 94 valence electrons. The van der Waals surface area contributed by atoms with Crippen LogP contribution in [0, 0.1) is 0 Å². The molecule has 0 saturated heterocycles. The zero-order valence-corrected chi connectivity index (χ0v) is 11.1. The van der Waals surface area contributed by atoms with E-state index in [0.29, 0.717) is 11.6 Å². The predicted molar refractivity (Wildman–Crippen MR) is 72.7 cm³/mol. The molecule has 0 aliphatic rings. The topological polar surface area (TPSA) is 49.3 Å². The molecule has 1 unspecified atom stereocenters. The fraction of sp³-hybridized carbons (Fsp3) is 0.462. The van der Waals surface area contributed by atoms with E-state index in [2.05, 4.69) is 18.5 Å². The van der Waals surface area contributed by atoms with E-state index < -0.39 is 5.97 Å². The van der Waals surface area contributed by atoms with Crippen LogP contribution in [0.25, 0.3) is 0 Å². The fourth-order valence-electron chi connectivity index (χ4n) is 1.50. The summed E-state index contributed by atoms with van der Waals surface area (Å²) in [5, 5.41) is 12.3. The lowest BCUT2D eigenvalue weighted by Gasteiger charge is -2.13. The smallest absolute Gasteiger partial charge is 0.335 e. The molecule has 1 aromatic carbocycles. The summed E-state index contributed by atoms with van der Waals surface area (Å²) in [5.41, 5.74) is 1.36. The van der Waals surface area contributed by atoms with E-state index in [1.54, 1.807) is 18.2 Å². The summed E-state index contributed by atoms with van der Waals surface area (Å²) < 4.78 is 0. The number of nitrogens with one attached hydrogen (secondary N) is 1. The van der Waals surface area contributed by atoms with Crippen molar-refractivity contribution in [3.8, 4) is 0 Å². The lowest BCUT2D eigenvalue weighted by Crippen LogP contribution is -2.26. The molecule has 0 bridgehead atoms. The van der Waals surface area contributed by atoms with E-state index >= 15 is 0 Å². The Hall–Kier alpha value is -1.00. The number of hydrogen-bond donors (Lipinski definition) is 2. The molecule has 1 atom stereocenters. The number of rotatable bonds is 7. The van der Waals surface area contributed by atoms with Crippen molar-refractivity contribution < 1.29 is 9.90 Å². The predicted octanol–water partition coefficient (Wildman–Crippen LogP) is 2.62. The van der Waals surface area contributed by atoms with Gasteiger partial charge in [-0.15, -0.1) is 0 Å². The van der Waals surface area contributed by atoms with E-state index in [1.165, 1.54) is 0 Å². The van der Waals surface area contributed by atoms with Gasteiger partial charge in [0, 0.05) is 12.6 Å². The molecule has 1 aromatic rings. The van der Waals surface area contributed by atoms with Gasteiger partial charge >= 0.3 is 5.97 Å². The first kappa shape index (κ1) is 14.1. The SMILES string of the molecule is CSCCC(C)NCc1cccc(C(=O)O)c1. The average molecular weight is 253 g/mol. The van der Waals surface area contributed by atoms with Gasteiger partial charge in [0.05, 0.1) is 5.56 Å². The molecule has 2 N–H and O–H groups in total. The summed E-state index contributed by atoms with van der Waals surface area (Å²) in [6, 6.07) is 7.52. The standard InChI is InChI=1S/C13H19NO2S/c1-10(6-7-17-2)14-9-11-4-3-5-12(8-11)13(15)16/h3-5,8,10,14H,6-7,9H2,1-2H3,(H,15,16). The van der Waals surface area contributed by atoms with E-state index in [-0.39, 0.29) is 0 Å². The van der Waals surface area contributed by atoms with Gasteiger partial charge < -0.3 is 10.4 Å². The van der Waals surface area contributed by atoms with Crippen LogP contribution in [0.15, 0.2) is 24.3 Å². The van der Waals surface area contributed by atoms with Crippen molar-refractivity contribution in [2.24, 2.45) is 0 Å². The van der Waals surface area contributed by atoms with Crippen LogP contribution in [0.2, 0.25) is 0 Å². The molecule has 0 radical (unpaired) electrons. The summed E-state index contributed by atoms with van der Waals surface area (Å²) in [5.74, 6) is 0.269. The Kier molecular flexibility index (Phi) is 6.08. The molecule has 0 aliphatic heterocycles. The van der Waals surface area contributed by atoms with Gasteiger partial charge in [0.2, 0.25) is 0 Å². The zero-order chi connectivity index (χ0) is 12.7. The van der Waals surface area contributed by atoms with Crippen LogP contribution in [-0.2, 0) is 6.54 Å². The molecule has 0 heterocycles. The third-order valence-corrected chi connectivity index (χ3v) is 3.23. The van der Waals surface area contributed by atoms with E-state index in [4.69, 9.17) is 5.11 Å². The second kappa shape index (κ2) is 7.35. The number of carboxylic acid groups (broad SMARTS) is 1. The largest absolute Gasteiger partial charge is 0.478 e. The normalized spacial score (nSPS) is 12.4.